The number of rotatable bonds is 3. The Morgan fingerprint density at radius 1 is 1.21 bits per heavy atom. The third-order valence-corrected chi connectivity index (χ3v) is 4.26. The van der Waals surface area contributed by atoms with E-state index in [2.05, 4.69) is 15.4 Å². The van der Waals surface area contributed by atoms with Crippen molar-refractivity contribution in [3.05, 3.63) is 57.5 Å². The van der Waals surface area contributed by atoms with Crippen LogP contribution in [0.3, 0.4) is 0 Å². The number of nitrogens with two attached hydrogens (primary N) is 1. The van der Waals surface area contributed by atoms with Crippen molar-refractivity contribution in [2.24, 2.45) is 5.84 Å². The molecule has 3 aromatic rings. The van der Waals surface area contributed by atoms with Crippen LogP contribution in [-0.2, 0) is 0 Å². The highest BCUT2D eigenvalue weighted by molar-refractivity contribution is 7.10. The molecule has 1 aromatic carbocycles. The van der Waals surface area contributed by atoms with Gasteiger partial charge in [0.25, 0.3) is 0 Å². The van der Waals surface area contributed by atoms with Crippen LogP contribution in [0.5, 0.6) is 0 Å². The summed E-state index contributed by atoms with van der Waals surface area (Å²) >= 11 is 7.69. The van der Waals surface area contributed by atoms with E-state index in [0.717, 1.165) is 21.6 Å². The Labute approximate surface area is 119 Å². The van der Waals surface area contributed by atoms with Gasteiger partial charge in [0, 0.05) is 4.88 Å². The van der Waals surface area contributed by atoms with E-state index in [9.17, 15) is 0 Å². The number of benzene rings is 1. The molecule has 0 bridgehead atoms. The van der Waals surface area contributed by atoms with E-state index in [1.165, 1.54) is 0 Å². The van der Waals surface area contributed by atoms with E-state index in [1.54, 1.807) is 17.5 Å². The number of nitrogens with one attached hydrogen (secondary N) is 1. The van der Waals surface area contributed by atoms with Gasteiger partial charge in [-0.15, -0.1) is 11.3 Å². The molecule has 0 saturated heterocycles. The number of halogens is 1. The molecular formula is C13H11ClN4S. The largest absolute Gasteiger partial charge is 0.270 e. The second kappa shape index (κ2) is 5.22. The number of thiophene rings is 1. The number of hydrogen-bond donors (Lipinski definition) is 2. The Morgan fingerprint density at radius 2 is 2.00 bits per heavy atom. The normalized spacial score (nSPS) is 12.7. The molecule has 0 spiro atoms. The molecule has 0 aliphatic rings. The Morgan fingerprint density at radius 3 is 2.68 bits per heavy atom. The lowest BCUT2D eigenvalue weighted by atomic mass is 10.2. The number of nitrogens with zero attached hydrogens (tertiary/aromatic N) is 2. The summed E-state index contributed by atoms with van der Waals surface area (Å²) in [6.45, 7) is 0. The zero-order chi connectivity index (χ0) is 13.2. The van der Waals surface area contributed by atoms with E-state index in [1.807, 2.05) is 35.7 Å². The molecule has 0 radical (unpaired) electrons. The van der Waals surface area contributed by atoms with Gasteiger partial charge in [-0.25, -0.2) is 10.4 Å². The van der Waals surface area contributed by atoms with Crippen LogP contribution in [0.15, 0.2) is 41.9 Å². The van der Waals surface area contributed by atoms with Crippen LogP contribution in [0.2, 0.25) is 5.02 Å². The first-order valence-electron chi connectivity index (χ1n) is 5.70. The van der Waals surface area contributed by atoms with Gasteiger partial charge in [0.15, 0.2) is 0 Å². The number of para-hydroxylation sites is 2. The van der Waals surface area contributed by atoms with Gasteiger partial charge in [0.05, 0.1) is 27.9 Å². The Kier molecular flexibility index (Phi) is 3.44. The summed E-state index contributed by atoms with van der Waals surface area (Å²) in [5.74, 6) is 5.64. The van der Waals surface area contributed by atoms with Crippen molar-refractivity contribution in [1.29, 1.82) is 0 Å². The van der Waals surface area contributed by atoms with E-state index >= 15 is 0 Å². The molecule has 0 amide bonds. The van der Waals surface area contributed by atoms with Gasteiger partial charge in [-0.3, -0.25) is 10.8 Å². The quantitative estimate of drug-likeness (QED) is 0.575. The minimum atomic E-state index is -0.246. The fraction of sp³-hybridized carbons (Fsp3) is 0.0769. The lowest BCUT2D eigenvalue weighted by Crippen LogP contribution is -2.29. The van der Waals surface area contributed by atoms with E-state index < -0.39 is 0 Å². The summed E-state index contributed by atoms with van der Waals surface area (Å²) in [4.78, 5) is 9.92. The SMILES string of the molecule is NNC(c1cnc2ccccc2n1)c1sccc1Cl. The van der Waals surface area contributed by atoms with Crippen molar-refractivity contribution in [2.45, 2.75) is 6.04 Å². The topological polar surface area (TPSA) is 63.8 Å². The van der Waals surface area contributed by atoms with Crippen molar-refractivity contribution in [3.63, 3.8) is 0 Å². The minimum absolute atomic E-state index is 0.246. The Bertz CT molecular complexity index is 712. The first-order chi connectivity index (χ1) is 9.29. The molecule has 19 heavy (non-hydrogen) atoms. The molecule has 96 valence electrons. The Balaban J connectivity index is 2.09. The molecule has 0 aliphatic carbocycles. The Hall–Kier alpha value is -1.53. The smallest absolute Gasteiger partial charge is 0.100 e. The summed E-state index contributed by atoms with van der Waals surface area (Å²) in [5.41, 5.74) is 5.21. The lowest BCUT2D eigenvalue weighted by molar-refractivity contribution is 0.630. The molecule has 2 aromatic heterocycles. The van der Waals surface area contributed by atoms with Gasteiger partial charge in [-0.05, 0) is 23.6 Å². The number of fused-ring (bicyclic) bond motifs is 1. The van der Waals surface area contributed by atoms with Gasteiger partial charge in [0.1, 0.15) is 6.04 Å². The van der Waals surface area contributed by atoms with Crippen LogP contribution in [0.4, 0.5) is 0 Å². The highest BCUT2D eigenvalue weighted by Gasteiger charge is 2.19. The zero-order valence-corrected chi connectivity index (χ0v) is 11.4. The summed E-state index contributed by atoms with van der Waals surface area (Å²) < 4.78 is 0. The molecule has 4 nitrogen and oxygen atoms in total. The number of hydrazine groups is 1. The summed E-state index contributed by atoms with van der Waals surface area (Å²) in [6.07, 6.45) is 1.73. The summed E-state index contributed by atoms with van der Waals surface area (Å²) in [5, 5.41) is 2.61. The average molecular weight is 291 g/mol. The molecule has 0 saturated carbocycles. The van der Waals surface area contributed by atoms with Crippen LogP contribution in [0.25, 0.3) is 11.0 Å². The van der Waals surface area contributed by atoms with Gasteiger partial charge in [0.2, 0.25) is 0 Å². The molecule has 0 fully saturated rings. The number of hydrogen-bond acceptors (Lipinski definition) is 5. The van der Waals surface area contributed by atoms with Crippen LogP contribution in [0.1, 0.15) is 16.6 Å². The van der Waals surface area contributed by atoms with Crippen molar-refractivity contribution >= 4 is 34.0 Å². The predicted octanol–water partition coefficient (Wildman–Crippen LogP) is 2.90. The van der Waals surface area contributed by atoms with Gasteiger partial charge in [-0.1, -0.05) is 23.7 Å². The molecule has 2 heterocycles. The molecule has 0 aliphatic heterocycles. The highest BCUT2D eigenvalue weighted by Crippen LogP contribution is 2.31. The highest BCUT2D eigenvalue weighted by atomic mass is 35.5. The maximum atomic E-state index is 6.15. The van der Waals surface area contributed by atoms with Gasteiger partial charge >= 0.3 is 0 Å². The van der Waals surface area contributed by atoms with Crippen molar-refractivity contribution in [3.8, 4) is 0 Å². The van der Waals surface area contributed by atoms with Crippen molar-refractivity contribution in [1.82, 2.24) is 15.4 Å². The predicted molar refractivity (Wildman–Crippen MR) is 78.0 cm³/mol. The third kappa shape index (κ3) is 2.33. The molecule has 3 rings (SSSR count). The fourth-order valence-electron chi connectivity index (χ4n) is 1.92. The van der Waals surface area contributed by atoms with Crippen LogP contribution < -0.4 is 11.3 Å². The van der Waals surface area contributed by atoms with Gasteiger partial charge < -0.3 is 0 Å². The maximum absolute atomic E-state index is 6.15. The average Bonchev–Trinajstić information content (AvgIpc) is 2.86. The second-order valence-electron chi connectivity index (χ2n) is 4.02. The zero-order valence-electron chi connectivity index (χ0n) is 9.88. The van der Waals surface area contributed by atoms with Crippen molar-refractivity contribution in [2.75, 3.05) is 0 Å². The van der Waals surface area contributed by atoms with Crippen LogP contribution >= 0.6 is 22.9 Å². The summed E-state index contributed by atoms with van der Waals surface area (Å²) in [7, 11) is 0. The van der Waals surface area contributed by atoms with E-state index in [4.69, 9.17) is 17.4 Å². The molecule has 1 atom stereocenters. The molecular weight excluding hydrogens is 280 g/mol. The lowest BCUT2D eigenvalue weighted by Gasteiger charge is -2.14. The monoisotopic (exact) mass is 290 g/mol. The second-order valence-corrected chi connectivity index (χ2v) is 5.37. The molecule has 1 unspecified atom stereocenters. The summed E-state index contributed by atoms with van der Waals surface area (Å²) in [6, 6.07) is 9.32. The minimum Gasteiger partial charge on any atom is -0.270 e. The maximum Gasteiger partial charge on any atom is 0.100 e. The van der Waals surface area contributed by atoms with E-state index in [0.29, 0.717) is 5.02 Å². The van der Waals surface area contributed by atoms with Crippen LogP contribution in [0, 0.1) is 0 Å². The molecule has 6 heteroatoms. The third-order valence-electron chi connectivity index (χ3n) is 2.84. The molecule has 3 N–H and O–H groups in total. The fourth-order valence-corrected chi connectivity index (χ4v) is 3.15. The first kappa shape index (κ1) is 12.5. The van der Waals surface area contributed by atoms with Gasteiger partial charge in [-0.2, -0.15) is 0 Å². The van der Waals surface area contributed by atoms with Crippen molar-refractivity contribution < 1.29 is 0 Å². The van der Waals surface area contributed by atoms with Crippen LogP contribution in [-0.4, -0.2) is 9.97 Å². The standard InChI is InChI=1S/C13H11ClN4S/c14-8-5-6-19-13(8)12(18-15)11-7-16-9-3-1-2-4-10(9)17-11/h1-7,12,18H,15H2. The van der Waals surface area contributed by atoms with E-state index in [-0.39, 0.29) is 6.04 Å². The number of aromatic nitrogens is 2. The first-order valence-corrected chi connectivity index (χ1v) is 6.96.